The van der Waals surface area contributed by atoms with E-state index in [1.54, 1.807) is 24.6 Å². The van der Waals surface area contributed by atoms with E-state index in [9.17, 15) is 0 Å². The number of nitrogens with one attached hydrogen (secondary N) is 3. The largest absolute Gasteiger partial charge is 0.356 e. The summed E-state index contributed by atoms with van der Waals surface area (Å²) in [6.45, 7) is 3.56. The maximum Gasteiger partial charge on any atom is 0.191 e. The molecule has 102 valence electrons. The molecule has 19 heavy (non-hydrogen) atoms. The minimum atomic E-state index is 0.677. The summed E-state index contributed by atoms with van der Waals surface area (Å²) >= 11 is 1.73. The number of nitrogens with zero attached hydrogens (tertiary/aromatic N) is 3. The van der Waals surface area contributed by atoms with Crippen LogP contribution in [0.4, 0.5) is 0 Å². The SMILES string of the molecule is CN=C(NCCc1ncc(C)s1)NCc1ccn[nH]1. The molecule has 0 radical (unpaired) electrons. The Kier molecular flexibility index (Phi) is 4.91. The molecule has 7 heteroatoms. The Labute approximate surface area is 116 Å². The second kappa shape index (κ2) is 6.89. The Morgan fingerprint density at radius 3 is 3.00 bits per heavy atom. The van der Waals surface area contributed by atoms with Gasteiger partial charge >= 0.3 is 0 Å². The van der Waals surface area contributed by atoms with Gasteiger partial charge in [-0.1, -0.05) is 0 Å². The van der Waals surface area contributed by atoms with E-state index < -0.39 is 0 Å². The zero-order valence-electron chi connectivity index (χ0n) is 11.1. The molecular formula is C12H18N6S. The van der Waals surface area contributed by atoms with Crippen LogP contribution < -0.4 is 10.6 Å². The normalized spacial score (nSPS) is 11.6. The van der Waals surface area contributed by atoms with Crippen LogP contribution in [0.15, 0.2) is 23.5 Å². The zero-order valence-corrected chi connectivity index (χ0v) is 11.9. The minimum absolute atomic E-state index is 0.677. The Balaban J connectivity index is 1.71. The van der Waals surface area contributed by atoms with Crippen molar-refractivity contribution in [2.45, 2.75) is 19.9 Å². The van der Waals surface area contributed by atoms with Gasteiger partial charge in [0, 0.05) is 37.3 Å². The first-order valence-electron chi connectivity index (χ1n) is 6.12. The van der Waals surface area contributed by atoms with Crippen LogP contribution in [-0.4, -0.2) is 34.7 Å². The number of rotatable bonds is 5. The monoisotopic (exact) mass is 278 g/mol. The maximum atomic E-state index is 4.33. The zero-order chi connectivity index (χ0) is 13.5. The van der Waals surface area contributed by atoms with Gasteiger partial charge < -0.3 is 10.6 Å². The van der Waals surface area contributed by atoms with Gasteiger partial charge in [-0.05, 0) is 13.0 Å². The Bertz CT molecular complexity index is 516. The molecule has 6 nitrogen and oxygen atoms in total. The number of aromatic amines is 1. The lowest BCUT2D eigenvalue weighted by Crippen LogP contribution is -2.37. The van der Waals surface area contributed by atoms with Gasteiger partial charge in [-0.3, -0.25) is 10.1 Å². The van der Waals surface area contributed by atoms with Gasteiger partial charge in [0.15, 0.2) is 5.96 Å². The fourth-order valence-corrected chi connectivity index (χ4v) is 2.37. The third-order valence-corrected chi connectivity index (χ3v) is 3.50. The molecule has 2 aromatic heterocycles. The predicted octanol–water partition coefficient (Wildman–Crippen LogP) is 1.08. The van der Waals surface area contributed by atoms with Crippen molar-refractivity contribution in [3.05, 3.63) is 34.0 Å². The predicted molar refractivity (Wildman–Crippen MR) is 77.3 cm³/mol. The average Bonchev–Trinajstić information content (AvgIpc) is 3.05. The van der Waals surface area contributed by atoms with Gasteiger partial charge in [0.25, 0.3) is 0 Å². The van der Waals surface area contributed by atoms with Crippen LogP contribution in [0.2, 0.25) is 0 Å². The highest BCUT2D eigenvalue weighted by Crippen LogP contribution is 2.10. The Hall–Kier alpha value is -1.89. The van der Waals surface area contributed by atoms with E-state index in [2.05, 4.69) is 37.7 Å². The summed E-state index contributed by atoms with van der Waals surface area (Å²) in [6.07, 6.45) is 4.55. The fourth-order valence-electron chi connectivity index (χ4n) is 1.59. The number of aliphatic imine (C=N–C) groups is 1. The quantitative estimate of drug-likeness (QED) is 0.565. The van der Waals surface area contributed by atoms with Crippen molar-refractivity contribution in [3.63, 3.8) is 0 Å². The molecule has 0 bridgehead atoms. The van der Waals surface area contributed by atoms with Gasteiger partial charge in [0.1, 0.15) is 0 Å². The van der Waals surface area contributed by atoms with Crippen molar-refractivity contribution in [2.24, 2.45) is 4.99 Å². The lowest BCUT2D eigenvalue weighted by molar-refractivity contribution is 0.778. The second-order valence-electron chi connectivity index (χ2n) is 4.05. The van der Waals surface area contributed by atoms with Crippen molar-refractivity contribution in [1.29, 1.82) is 0 Å². The molecule has 0 saturated carbocycles. The average molecular weight is 278 g/mol. The highest BCUT2D eigenvalue weighted by atomic mass is 32.1. The molecule has 0 aliphatic heterocycles. The summed E-state index contributed by atoms with van der Waals surface area (Å²) in [5.41, 5.74) is 1.03. The third kappa shape index (κ3) is 4.36. The number of aromatic nitrogens is 3. The van der Waals surface area contributed by atoms with Gasteiger partial charge in [-0.25, -0.2) is 4.98 Å². The van der Waals surface area contributed by atoms with Crippen molar-refractivity contribution in [1.82, 2.24) is 25.8 Å². The van der Waals surface area contributed by atoms with E-state index in [1.807, 2.05) is 12.3 Å². The van der Waals surface area contributed by atoms with E-state index in [0.29, 0.717) is 6.54 Å². The molecule has 0 spiro atoms. The lowest BCUT2D eigenvalue weighted by atomic mass is 10.4. The molecule has 0 aromatic carbocycles. The first-order chi connectivity index (χ1) is 9.28. The maximum absolute atomic E-state index is 4.33. The van der Waals surface area contributed by atoms with Crippen LogP contribution in [0.5, 0.6) is 0 Å². The van der Waals surface area contributed by atoms with Crippen LogP contribution in [0, 0.1) is 6.92 Å². The molecular weight excluding hydrogens is 260 g/mol. The Morgan fingerprint density at radius 2 is 2.37 bits per heavy atom. The number of guanidine groups is 1. The van der Waals surface area contributed by atoms with Gasteiger partial charge in [0.05, 0.1) is 17.2 Å². The summed E-state index contributed by atoms with van der Waals surface area (Å²) in [5, 5.41) is 14.4. The highest BCUT2D eigenvalue weighted by molar-refractivity contribution is 7.11. The first kappa shape index (κ1) is 13.5. The molecule has 0 unspecified atom stereocenters. The van der Waals surface area contributed by atoms with E-state index in [-0.39, 0.29) is 0 Å². The van der Waals surface area contributed by atoms with Gasteiger partial charge in [0.2, 0.25) is 0 Å². The highest BCUT2D eigenvalue weighted by Gasteiger charge is 2.01. The van der Waals surface area contributed by atoms with Crippen molar-refractivity contribution in [3.8, 4) is 0 Å². The standard InChI is InChI=1S/C12H18N6S/c1-9-7-15-11(19-9)4-5-14-12(13-2)16-8-10-3-6-17-18-10/h3,6-7H,4-5,8H2,1-2H3,(H,17,18)(H2,13,14,16). The van der Waals surface area contributed by atoms with Gasteiger partial charge in [-0.2, -0.15) is 5.10 Å². The summed E-state index contributed by atoms with van der Waals surface area (Å²) in [6, 6.07) is 1.93. The van der Waals surface area contributed by atoms with Crippen molar-refractivity contribution in [2.75, 3.05) is 13.6 Å². The fraction of sp³-hybridized carbons (Fsp3) is 0.417. The number of hydrogen-bond donors (Lipinski definition) is 3. The first-order valence-corrected chi connectivity index (χ1v) is 6.93. The summed E-state index contributed by atoms with van der Waals surface area (Å²) in [5.74, 6) is 0.780. The number of H-pyrrole nitrogens is 1. The lowest BCUT2D eigenvalue weighted by Gasteiger charge is -2.10. The molecule has 2 rings (SSSR count). The molecule has 0 aliphatic rings. The summed E-state index contributed by atoms with van der Waals surface area (Å²) in [7, 11) is 1.76. The van der Waals surface area contributed by atoms with Crippen LogP contribution >= 0.6 is 11.3 Å². The number of thiazole rings is 1. The molecule has 0 atom stereocenters. The number of aryl methyl sites for hydroxylation is 1. The van der Waals surface area contributed by atoms with Crippen LogP contribution in [0.3, 0.4) is 0 Å². The van der Waals surface area contributed by atoms with Gasteiger partial charge in [-0.15, -0.1) is 11.3 Å². The van der Waals surface area contributed by atoms with E-state index in [4.69, 9.17) is 0 Å². The molecule has 0 fully saturated rings. The molecule has 2 aromatic rings. The molecule has 3 N–H and O–H groups in total. The van der Waals surface area contributed by atoms with Crippen LogP contribution in [-0.2, 0) is 13.0 Å². The third-order valence-electron chi connectivity index (χ3n) is 2.53. The van der Waals surface area contributed by atoms with Crippen LogP contribution in [0.25, 0.3) is 0 Å². The topological polar surface area (TPSA) is 78.0 Å². The van der Waals surface area contributed by atoms with Crippen LogP contribution in [0.1, 0.15) is 15.6 Å². The molecule has 0 saturated heterocycles. The van der Waals surface area contributed by atoms with E-state index in [1.165, 1.54) is 4.88 Å². The summed E-state index contributed by atoms with van der Waals surface area (Å²) < 4.78 is 0. The minimum Gasteiger partial charge on any atom is -0.356 e. The Morgan fingerprint density at radius 1 is 1.47 bits per heavy atom. The summed E-state index contributed by atoms with van der Waals surface area (Å²) in [4.78, 5) is 9.74. The molecule has 2 heterocycles. The number of hydrogen-bond acceptors (Lipinski definition) is 4. The molecule has 0 amide bonds. The molecule has 0 aliphatic carbocycles. The van der Waals surface area contributed by atoms with Crippen molar-refractivity contribution >= 4 is 17.3 Å². The van der Waals surface area contributed by atoms with E-state index >= 15 is 0 Å². The van der Waals surface area contributed by atoms with Crippen molar-refractivity contribution < 1.29 is 0 Å². The second-order valence-corrected chi connectivity index (χ2v) is 5.37. The van der Waals surface area contributed by atoms with E-state index in [0.717, 1.165) is 29.6 Å². The smallest absolute Gasteiger partial charge is 0.191 e.